The van der Waals surface area contributed by atoms with Crippen molar-refractivity contribution in [2.75, 3.05) is 6.54 Å². The molecule has 0 saturated heterocycles. The summed E-state index contributed by atoms with van der Waals surface area (Å²) < 4.78 is 0. The molecule has 1 aliphatic rings. The molecule has 0 atom stereocenters. The van der Waals surface area contributed by atoms with Crippen molar-refractivity contribution in [3.63, 3.8) is 0 Å². The van der Waals surface area contributed by atoms with Crippen molar-refractivity contribution >= 4 is 11.6 Å². The SMILES string of the molecule is Cl/C=C/CN1Cc2cccnc2C1. The highest BCUT2D eigenvalue weighted by Gasteiger charge is 2.17. The largest absolute Gasteiger partial charge is 0.289 e. The molecule has 13 heavy (non-hydrogen) atoms. The van der Waals surface area contributed by atoms with Crippen LogP contribution < -0.4 is 0 Å². The lowest BCUT2D eigenvalue weighted by Crippen LogP contribution is -2.15. The monoisotopic (exact) mass is 194 g/mol. The maximum atomic E-state index is 5.47. The van der Waals surface area contributed by atoms with E-state index < -0.39 is 0 Å². The molecule has 0 bridgehead atoms. The molecule has 1 aromatic rings. The van der Waals surface area contributed by atoms with Gasteiger partial charge in [0.2, 0.25) is 0 Å². The van der Waals surface area contributed by atoms with Crippen LogP contribution in [-0.4, -0.2) is 16.4 Å². The van der Waals surface area contributed by atoms with E-state index in [2.05, 4.69) is 16.0 Å². The number of rotatable bonds is 2. The number of aromatic nitrogens is 1. The number of halogens is 1. The Morgan fingerprint density at radius 1 is 1.54 bits per heavy atom. The van der Waals surface area contributed by atoms with E-state index in [0.29, 0.717) is 0 Å². The quantitative estimate of drug-likeness (QED) is 0.717. The predicted octanol–water partition coefficient (Wildman–Crippen LogP) is 2.15. The minimum atomic E-state index is 0.903. The molecule has 1 aromatic heterocycles. The van der Waals surface area contributed by atoms with Crippen LogP contribution in [0.2, 0.25) is 0 Å². The van der Waals surface area contributed by atoms with Gasteiger partial charge in [-0.3, -0.25) is 9.88 Å². The van der Waals surface area contributed by atoms with Gasteiger partial charge in [-0.05, 0) is 11.6 Å². The van der Waals surface area contributed by atoms with Gasteiger partial charge in [0, 0.05) is 31.4 Å². The maximum Gasteiger partial charge on any atom is 0.0589 e. The Hall–Kier alpha value is -0.860. The molecule has 2 nitrogen and oxygen atoms in total. The third-order valence-corrected chi connectivity index (χ3v) is 2.38. The second-order valence-corrected chi connectivity index (χ2v) is 3.39. The molecule has 1 aliphatic heterocycles. The van der Waals surface area contributed by atoms with Gasteiger partial charge < -0.3 is 0 Å². The molecular formula is C10H11ClN2. The van der Waals surface area contributed by atoms with Crippen molar-refractivity contribution in [2.24, 2.45) is 0 Å². The van der Waals surface area contributed by atoms with Gasteiger partial charge in [-0.15, -0.1) is 0 Å². The third-order valence-electron chi connectivity index (χ3n) is 2.20. The van der Waals surface area contributed by atoms with Crippen LogP contribution in [0.1, 0.15) is 11.3 Å². The molecule has 3 heteroatoms. The maximum absolute atomic E-state index is 5.47. The summed E-state index contributed by atoms with van der Waals surface area (Å²) >= 11 is 5.47. The van der Waals surface area contributed by atoms with Crippen LogP contribution >= 0.6 is 11.6 Å². The van der Waals surface area contributed by atoms with Crippen molar-refractivity contribution in [1.82, 2.24) is 9.88 Å². The molecule has 0 spiro atoms. The van der Waals surface area contributed by atoms with Gasteiger partial charge >= 0.3 is 0 Å². The lowest BCUT2D eigenvalue weighted by Gasteiger charge is -2.09. The van der Waals surface area contributed by atoms with Crippen LogP contribution in [-0.2, 0) is 13.1 Å². The first kappa shape index (κ1) is 8.73. The van der Waals surface area contributed by atoms with Crippen LogP contribution in [0.4, 0.5) is 0 Å². The van der Waals surface area contributed by atoms with Gasteiger partial charge in [-0.25, -0.2) is 0 Å². The second kappa shape index (κ2) is 3.90. The van der Waals surface area contributed by atoms with E-state index in [0.717, 1.165) is 19.6 Å². The van der Waals surface area contributed by atoms with Gasteiger partial charge in [-0.1, -0.05) is 23.7 Å². The van der Waals surface area contributed by atoms with Gasteiger partial charge in [0.05, 0.1) is 5.69 Å². The summed E-state index contributed by atoms with van der Waals surface area (Å²) in [5.41, 5.74) is 4.10. The number of pyridine rings is 1. The normalized spacial score (nSPS) is 16.7. The number of hydrogen-bond acceptors (Lipinski definition) is 2. The van der Waals surface area contributed by atoms with Crippen LogP contribution in [0.5, 0.6) is 0 Å². The average Bonchev–Trinajstić information content (AvgIpc) is 2.57. The molecule has 0 aromatic carbocycles. The van der Waals surface area contributed by atoms with Crippen molar-refractivity contribution < 1.29 is 0 Å². The average molecular weight is 195 g/mol. The van der Waals surface area contributed by atoms with E-state index in [9.17, 15) is 0 Å². The smallest absolute Gasteiger partial charge is 0.0589 e. The zero-order valence-corrected chi connectivity index (χ0v) is 8.04. The molecule has 0 fully saturated rings. The Balaban J connectivity index is 2.05. The Morgan fingerprint density at radius 3 is 3.23 bits per heavy atom. The molecule has 0 radical (unpaired) electrons. The highest BCUT2D eigenvalue weighted by molar-refractivity contribution is 6.25. The van der Waals surface area contributed by atoms with E-state index >= 15 is 0 Å². The lowest BCUT2D eigenvalue weighted by atomic mass is 10.2. The zero-order valence-electron chi connectivity index (χ0n) is 7.28. The summed E-state index contributed by atoms with van der Waals surface area (Å²) in [6.45, 7) is 2.83. The van der Waals surface area contributed by atoms with Crippen molar-refractivity contribution in [2.45, 2.75) is 13.1 Å². The summed E-state index contributed by atoms with van der Waals surface area (Å²) in [5, 5.41) is 0. The van der Waals surface area contributed by atoms with Crippen LogP contribution in [0.3, 0.4) is 0 Å². The van der Waals surface area contributed by atoms with Gasteiger partial charge in [0.1, 0.15) is 0 Å². The highest BCUT2D eigenvalue weighted by Crippen LogP contribution is 2.19. The van der Waals surface area contributed by atoms with E-state index in [1.165, 1.54) is 11.3 Å². The Bertz CT molecular complexity index is 297. The van der Waals surface area contributed by atoms with E-state index in [4.69, 9.17) is 11.6 Å². The van der Waals surface area contributed by atoms with Crippen molar-refractivity contribution in [3.8, 4) is 0 Å². The van der Waals surface area contributed by atoms with Gasteiger partial charge in [0.25, 0.3) is 0 Å². The number of nitrogens with zero attached hydrogens (tertiary/aromatic N) is 2. The van der Waals surface area contributed by atoms with Crippen molar-refractivity contribution in [1.29, 1.82) is 0 Å². The Morgan fingerprint density at radius 2 is 2.46 bits per heavy atom. The first-order valence-electron chi connectivity index (χ1n) is 4.30. The van der Waals surface area contributed by atoms with Crippen molar-refractivity contribution in [3.05, 3.63) is 41.2 Å². The first-order valence-corrected chi connectivity index (χ1v) is 4.74. The fourth-order valence-electron chi connectivity index (χ4n) is 1.58. The molecule has 0 aliphatic carbocycles. The van der Waals surface area contributed by atoms with E-state index in [1.807, 2.05) is 18.3 Å². The predicted molar refractivity (Wildman–Crippen MR) is 53.3 cm³/mol. The first-order chi connectivity index (χ1) is 6.40. The minimum absolute atomic E-state index is 0.903. The van der Waals surface area contributed by atoms with Gasteiger partial charge in [0.15, 0.2) is 0 Å². The molecule has 2 rings (SSSR count). The lowest BCUT2D eigenvalue weighted by molar-refractivity contribution is 0.315. The second-order valence-electron chi connectivity index (χ2n) is 3.14. The number of fused-ring (bicyclic) bond motifs is 1. The number of hydrogen-bond donors (Lipinski definition) is 0. The zero-order chi connectivity index (χ0) is 9.10. The summed E-state index contributed by atoms with van der Waals surface area (Å²) in [6.07, 6.45) is 3.80. The molecule has 2 heterocycles. The molecule has 0 amide bonds. The molecule has 68 valence electrons. The standard InChI is InChI=1S/C10H11ClN2/c11-4-2-6-13-7-9-3-1-5-12-10(9)8-13/h1-5H,6-8H2/b4-2+. The topological polar surface area (TPSA) is 16.1 Å². The molecular weight excluding hydrogens is 184 g/mol. The van der Waals surface area contributed by atoms with Crippen LogP contribution in [0.25, 0.3) is 0 Å². The third kappa shape index (κ3) is 1.90. The van der Waals surface area contributed by atoms with Crippen LogP contribution in [0, 0.1) is 0 Å². The summed E-state index contributed by atoms with van der Waals surface area (Å²) in [4.78, 5) is 6.62. The fraction of sp³-hybridized carbons (Fsp3) is 0.300. The molecule has 0 unspecified atom stereocenters. The van der Waals surface area contributed by atoms with E-state index in [-0.39, 0.29) is 0 Å². The molecule has 0 saturated carbocycles. The summed E-state index contributed by atoms with van der Waals surface area (Å²) in [7, 11) is 0. The summed E-state index contributed by atoms with van der Waals surface area (Å²) in [5.74, 6) is 0. The molecule has 0 N–H and O–H groups in total. The Kier molecular flexibility index (Phi) is 2.62. The highest BCUT2D eigenvalue weighted by atomic mass is 35.5. The minimum Gasteiger partial charge on any atom is -0.289 e. The van der Waals surface area contributed by atoms with E-state index in [1.54, 1.807) is 5.54 Å². The van der Waals surface area contributed by atoms with Gasteiger partial charge in [-0.2, -0.15) is 0 Å². The Labute approximate surface area is 82.8 Å². The van der Waals surface area contributed by atoms with Crippen LogP contribution in [0.15, 0.2) is 29.9 Å². The fourth-order valence-corrected chi connectivity index (χ4v) is 1.66. The summed E-state index contributed by atoms with van der Waals surface area (Å²) in [6, 6.07) is 4.12.